The van der Waals surface area contributed by atoms with Gasteiger partial charge in [-0.1, -0.05) is 80.5 Å². The van der Waals surface area contributed by atoms with Crippen molar-refractivity contribution in [1.82, 2.24) is 19.5 Å². The number of aliphatic imine (C=N–C) groups is 1. The van der Waals surface area contributed by atoms with Gasteiger partial charge in [0.15, 0.2) is 0 Å². The summed E-state index contributed by atoms with van der Waals surface area (Å²) in [5.74, 6) is 2.63. The highest BCUT2D eigenvalue weighted by Gasteiger charge is 2.40. The first-order valence-corrected chi connectivity index (χ1v) is 17.6. The van der Waals surface area contributed by atoms with Crippen LogP contribution in [0.2, 0.25) is 0 Å². The van der Waals surface area contributed by atoms with Gasteiger partial charge in [-0.25, -0.2) is 19.9 Å². The van der Waals surface area contributed by atoms with E-state index in [9.17, 15) is 0 Å². The van der Waals surface area contributed by atoms with Gasteiger partial charge in [-0.2, -0.15) is 0 Å². The largest absolute Gasteiger partial charge is 0.471 e. The molecule has 7 nitrogen and oxygen atoms in total. The maximum absolute atomic E-state index is 6.46. The molecule has 0 bridgehead atoms. The van der Waals surface area contributed by atoms with E-state index in [1.165, 1.54) is 22.3 Å². The zero-order valence-electron chi connectivity index (χ0n) is 30.5. The highest BCUT2D eigenvalue weighted by molar-refractivity contribution is 6.07. The van der Waals surface area contributed by atoms with E-state index < -0.39 is 0 Å². The Morgan fingerprint density at radius 3 is 2.24 bits per heavy atom. The lowest BCUT2D eigenvalue weighted by Crippen LogP contribution is -2.14. The molecule has 7 heteroatoms. The molecule has 1 aliphatic heterocycles. The van der Waals surface area contributed by atoms with Crippen molar-refractivity contribution < 1.29 is 9.47 Å². The van der Waals surface area contributed by atoms with Crippen LogP contribution in [-0.4, -0.2) is 31.5 Å². The summed E-state index contributed by atoms with van der Waals surface area (Å²) in [7, 11) is 0. The molecule has 0 saturated heterocycles. The number of fused-ring (bicyclic) bond motifs is 6. The second-order valence-electron chi connectivity index (χ2n) is 16.9. The highest BCUT2D eigenvalue weighted by atomic mass is 16.5. The van der Waals surface area contributed by atoms with Gasteiger partial charge in [0, 0.05) is 53.0 Å². The molecule has 0 radical (unpaired) electrons. The molecule has 4 aromatic heterocycles. The lowest BCUT2D eigenvalue weighted by molar-refractivity contribution is 0.206. The first-order chi connectivity index (χ1) is 23.6. The van der Waals surface area contributed by atoms with Crippen LogP contribution in [0, 0.1) is 0 Å². The number of benzene rings is 2. The summed E-state index contributed by atoms with van der Waals surface area (Å²) in [6, 6.07) is 25.4. The topological polar surface area (TPSA) is 74.4 Å². The quantitative estimate of drug-likeness (QED) is 0.188. The van der Waals surface area contributed by atoms with Gasteiger partial charge in [-0.05, 0) is 75.5 Å². The van der Waals surface area contributed by atoms with Gasteiger partial charge in [0.05, 0.1) is 16.6 Å². The predicted octanol–water partition coefficient (Wildman–Crippen LogP) is 10.1. The summed E-state index contributed by atoms with van der Waals surface area (Å²) >= 11 is 0. The Morgan fingerprint density at radius 2 is 1.48 bits per heavy atom. The van der Waals surface area contributed by atoms with Gasteiger partial charge in [0.25, 0.3) is 0 Å². The van der Waals surface area contributed by atoms with Crippen LogP contribution in [0.1, 0.15) is 102 Å². The van der Waals surface area contributed by atoms with Crippen molar-refractivity contribution in [3.63, 3.8) is 0 Å². The molecule has 8 rings (SSSR count). The van der Waals surface area contributed by atoms with E-state index in [2.05, 4.69) is 126 Å². The van der Waals surface area contributed by atoms with Crippen LogP contribution < -0.4 is 4.74 Å². The van der Waals surface area contributed by atoms with E-state index in [0.29, 0.717) is 17.5 Å². The molecular weight excluding hydrogens is 619 g/mol. The summed E-state index contributed by atoms with van der Waals surface area (Å²) in [5, 5.41) is 1.04. The summed E-state index contributed by atoms with van der Waals surface area (Å²) < 4.78 is 15.1. The molecular formula is C43H45N5O2. The molecule has 2 atom stereocenters. The van der Waals surface area contributed by atoms with Crippen LogP contribution in [0.3, 0.4) is 0 Å². The maximum Gasteiger partial charge on any atom is 0.219 e. The third kappa shape index (κ3) is 5.62. The first kappa shape index (κ1) is 32.2. The third-order valence-electron chi connectivity index (χ3n) is 10.0. The molecule has 1 aliphatic carbocycles. The second-order valence-corrected chi connectivity index (χ2v) is 16.9. The van der Waals surface area contributed by atoms with Crippen molar-refractivity contribution >= 4 is 27.8 Å². The fourth-order valence-electron chi connectivity index (χ4n) is 7.08. The summed E-state index contributed by atoms with van der Waals surface area (Å²) in [6.07, 6.45) is 4.52. The van der Waals surface area contributed by atoms with Gasteiger partial charge in [-0.3, -0.25) is 4.57 Å². The van der Waals surface area contributed by atoms with Crippen molar-refractivity contribution in [2.24, 2.45) is 4.99 Å². The fourth-order valence-corrected chi connectivity index (χ4v) is 7.08. The lowest BCUT2D eigenvalue weighted by Gasteiger charge is -2.20. The monoisotopic (exact) mass is 663 g/mol. The maximum atomic E-state index is 6.46. The van der Waals surface area contributed by atoms with Crippen LogP contribution in [0.15, 0.2) is 90.2 Å². The Bertz CT molecular complexity index is 2330. The van der Waals surface area contributed by atoms with Gasteiger partial charge in [0.2, 0.25) is 11.8 Å². The molecule has 5 heterocycles. The Hall–Kier alpha value is -5.04. The number of pyridine rings is 3. The smallest absolute Gasteiger partial charge is 0.219 e. The summed E-state index contributed by atoms with van der Waals surface area (Å²) in [5.41, 5.74) is 9.97. The number of hydrogen-bond donors (Lipinski definition) is 0. The second kappa shape index (κ2) is 11.2. The number of nitrogens with zero attached hydrogens (tertiary/aromatic N) is 5. The normalized spacial score (nSPS) is 17.5. The lowest BCUT2D eigenvalue weighted by atomic mass is 9.85. The first-order valence-electron chi connectivity index (χ1n) is 17.6. The Balaban J connectivity index is 1.15. The van der Waals surface area contributed by atoms with E-state index in [0.717, 1.165) is 45.4 Å². The third-order valence-corrected chi connectivity index (χ3v) is 10.0. The van der Waals surface area contributed by atoms with Crippen LogP contribution >= 0.6 is 0 Å². The molecule has 0 saturated carbocycles. The van der Waals surface area contributed by atoms with Crippen molar-refractivity contribution in [2.45, 2.75) is 97.1 Å². The summed E-state index contributed by atoms with van der Waals surface area (Å²) in [4.78, 5) is 19.6. The zero-order chi connectivity index (χ0) is 35.2. The SMILES string of the molecule is CC(C)(C)c1ccnc(-n2c3cc(Oc4cc(C5=N[C@@H]6c7ccc(C(C)(C)C)cc7C[C@@H]6O5)ccn4)ccc3c3nc(C(C)(C)C)ccc32)c1. The minimum absolute atomic E-state index is 0.00804. The number of hydrogen-bond acceptors (Lipinski definition) is 6. The van der Waals surface area contributed by atoms with E-state index in [-0.39, 0.29) is 28.4 Å². The Labute approximate surface area is 294 Å². The van der Waals surface area contributed by atoms with Gasteiger partial charge < -0.3 is 9.47 Å². The van der Waals surface area contributed by atoms with E-state index in [4.69, 9.17) is 24.4 Å². The van der Waals surface area contributed by atoms with Gasteiger partial charge >= 0.3 is 0 Å². The molecule has 6 aromatic rings. The molecule has 0 spiro atoms. The van der Waals surface area contributed by atoms with Crippen molar-refractivity contribution in [2.75, 3.05) is 0 Å². The predicted molar refractivity (Wildman–Crippen MR) is 201 cm³/mol. The van der Waals surface area contributed by atoms with Crippen LogP contribution in [-0.2, 0) is 27.4 Å². The fraction of sp³-hybridized carbons (Fsp3) is 0.349. The number of rotatable bonds is 4. The van der Waals surface area contributed by atoms with Crippen molar-refractivity contribution in [3.8, 4) is 17.4 Å². The van der Waals surface area contributed by atoms with Gasteiger partial charge in [-0.15, -0.1) is 0 Å². The van der Waals surface area contributed by atoms with Crippen LogP contribution in [0.5, 0.6) is 11.6 Å². The molecule has 0 fully saturated rings. The summed E-state index contributed by atoms with van der Waals surface area (Å²) in [6.45, 7) is 20.0. The molecule has 2 aliphatic rings. The zero-order valence-corrected chi connectivity index (χ0v) is 30.5. The minimum atomic E-state index is -0.0854. The minimum Gasteiger partial charge on any atom is -0.471 e. The standard InChI is InChI=1S/C43H45N5O2/c1-41(2,3)27-10-12-30-26(20-27)21-34-39(30)47-40(50-34)25-16-18-45-37(22-25)49-29-11-13-31-33(24-29)48(36-23-28(17-19-44-36)42(4,5)6)32-14-15-35(43(7,8)9)46-38(31)32/h10-20,22-24,34,39H,21H2,1-9H3/t34-,39+/m0/s1. The van der Waals surface area contributed by atoms with E-state index >= 15 is 0 Å². The molecule has 50 heavy (non-hydrogen) atoms. The molecule has 0 amide bonds. The number of ether oxygens (including phenoxy) is 2. The average Bonchev–Trinajstić information content (AvgIpc) is 3.72. The van der Waals surface area contributed by atoms with Crippen molar-refractivity contribution in [3.05, 3.63) is 119 Å². The van der Waals surface area contributed by atoms with E-state index in [1.54, 1.807) is 6.20 Å². The number of aromatic nitrogens is 4. The van der Waals surface area contributed by atoms with Crippen molar-refractivity contribution in [1.29, 1.82) is 0 Å². The Morgan fingerprint density at radius 1 is 0.720 bits per heavy atom. The molecule has 0 unspecified atom stereocenters. The molecule has 254 valence electrons. The van der Waals surface area contributed by atoms with Crippen LogP contribution in [0.25, 0.3) is 27.8 Å². The highest BCUT2D eigenvalue weighted by Crippen LogP contribution is 2.43. The Kier molecular flexibility index (Phi) is 7.23. The van der Waals surface area contributed by atoms with E-state index in [1.807, 2.05) is 24.4 Å². The molecule has 2 aromatic carbocycles. The van der Waals surface area contributed by atoms with Gasteiger partial charge in [0.1, 0.15) is 23.7 Å². The van der Waals surface area contributed by atoms with Crippen LogP contribution in [0.4, 0.5) is 0 Å². The average molecular weight is 664 g/mol. The molecule has 0 N–H and O–H groups in total.